The lowest BCUT2D eigenvalue weighted by molar-refractivity contribution is 0.602. The van der Waals surface area contributed by atoms with Crippen molar-refractivity contribution in [2.24, 2.45) is 0 Å². The van der Waals surface area contributed by atoms with Gasteiger partial charge in [0, 0.05) is 11.6 Å². The summed E-state index contributed by atoms with van der Waals surface area (Å²) in [5, 5.41) is 0.261. The van der Waals surface area contributed by atoms with E-state index in [4.69, 9.17) is 16.0 Å². The molecule has 26 heavy (non-hydrogen) atoms. The van der Waals surface area contributed by atoms with Crippen LogP contribution >= 0.6 is 11.6 Å². The Hall–Kier alpha value is -2.64. The summed E-state index contributed by atoms with van der Waals surface area (Å²) < 4.78 is 43.1. The molecule has 0 unspecified atom stereocenters. The third kappa shape index (κ3) is 2.60. The van der Waals surface area contributed by atoms with Gasteiger partial charge in [0.05, 0.1) is 16.0 Å². The van der Waals surface area contributed by atoms with Gasteiger partial charge in [-0.25, -0.2) is 12.8 Å². The number of hydrogen-bond donors (Lipinski definition) is 1. The van der Waals surface area contributed by atoms with Gasteiger partial charge in [0.25, 0.3) is 5.56 Å². The maximum Gasteiger partial charge on any atom is 0.268 e. The Labute approximate surface area is 151 Å². The predicted octanol–water partition coefficient (Wildman–Crippen LogP) is 4.14. The quantitative estimate of drug-likeness (QED) is 0.557. The highest BCUT2D eigenvalue weighted by Gasteiger charge is 2.20. The van der Waals surface area contributed by atoms with Crippen LogP contribution in [-0.2, 0) is 9.84 Å². The van der Waals surface area contributed by atoms with E-state index in [0.29, 0.717) is 22.0 Å². The topological polar surface area (TPSA) is 80.1 Å². The summed E-state index contributed by atoms with van der Waals surface area (Å²) in [7, 11) is -3.45. The summed E-state index contributed by atoms with van der Waals surface area (Å²) in [5.41, 5.74) is 1.02. The number of sulfone groups is 1. The van der Waals surface area contributed by atoms with Crippen molar-refractivity contribution in [3.05, 3.63) is 63.7 Å². The summed E-state index contributed by atoms with van der Waals surface area (Å²) >= 11 is 6.20. The first kappa shape index (κ1) is 16.8. The van der Waals surface area contributed by atoms with Crippen LogP contribution in [0.15, 0.2) is 56.6 Å². The maximum atomic E-state index is 13.6. The van der Waals surface area contributed by atoms with E-state index in [1.807, 2.05) is 0 Å². The van der Waals surface area contributed by atoms with Crippen LogP contribution in [0, 0.1) is 5.82 Å². The monoisotopic (exact) mass is 391 g/mol. The molecule has 2 aromatic carbocycles. The molecular formula is C18H11ClFNO4S. The van der Waals surface area contributed by atoms with E-state index in [0.717, 1.165) is 6.26 Å². The molecule has 5 nitrogen and oxygen atoms in total. The summed E-state index contributed by atoms with van der Waals surface area (Å²) in [6, 6.07) is 10.00. The number of rotatable bonds is 2. The molecule has 2 aromatic heterocycles. The number of aromatic nitrogens is 1. The van der Waals surface area contributed by atoms with Crippen molar-refractivity contribution in [3.8, 4) is 11.1 Å². The fourth-order valence-corrected chi connectivity index (χ4v) is 3.80. The second-order valence-electron chi connectivity index (χ2n) is 5.89. The van der Waals surface area contributed by atoms with Crippen molar-refractivity contribution in [2.75, 3.05) is 6.26 Å². The largest absolute Gasteiger partial charge is 0.454 e. The molecule has 0 saturated heterocycles. The summed E-state index contributed by atoms with van der Waals surface area (Å²) in [5.74, 6) is -0.475. The van der Waals surface area contributed by atoms with Gasteiger partial charge in [-0.2, -0.15) is 0 Å². The first-order valence-electron chi connectivity index (χ1n) is 7.50. The van der Waals surface area contributed by atoms with E-state index in [1.165, 1.54) is 30.3 Å². The van der Waals surface area contributed by atoms with E-state index < -0.39 is 21.2 Å². The van der Waals surface area contributed by atoms with Crippen LogP contribution in [0.1, 0.15) is 0 Å². The number of pyridine rings is 1. The minimum atomic E-state index is -3.45. The van der Waals surface area contributed by atoms with Crippen LogP contribution in [0.25, 0.3) is 33.2 Å². The Bertz CT molecular complexity index is 1360. The smallest absolute Gasteiger partial charge is 0.268 e. The van der Waals surface area contributed by atoms with Crippen molar-refractivity contribution in [1.82, 2.24) is 4.98 Å². The first-order valence-corrected chi connectivity index (χ1v) is 9.76. The van der Waals surface area contributed by atoms with Crippen LogP contribution in [0.4, 0.5) is 4.39 Å². The molecule has 0 fully saturated rings. The molecule has 4 rings (SSSR count). The average Bonchev–Trinajstić information content (AvgIpc) is 2.92. The van der Waals surface area contributed by atoms with E-state index in [-0.39, 0.29) is 21.1 Å². The predicted molar refractivity (Wildman–Crippen MR) is 97.9 cm³/mol. The fraction of sp³-hybridized carbons (Fsp3) is 0.0556. The van der Waals surface area contributed by atoms with Gasteiger partial charge in [-0.15, -0.1) is 0 Å². The minimum absolute atomic E-state index is 0.0849. The molecule has 132 valence electrons. The number of hydrogen-bond acceptors (Lipinski definition) is 4. The summed E-state index contributed by atoms with van der Waals surface area (Å²) in [6.07, 6.45) is 1.09. The van der Waals surface area contributed by atoms with Gasteiger partial charge in [-0.1, -0.05) is 23.7 Å². The summed E-state index contributed by atoms with van der Waals surface area (Å²) in [6.45, 7) is 0. The SMILES string of the molecule is CS(=O)(=O)c1cccc(-c2c(Cl)c(=O)[nH]c3c2oc2ccc(F)cc23)c1. The Morgan fingerprint density at radius 2 is 1.92 bits per heavy atom. The van der Waals surface area contributed by atoms with Crippen LogP contribution in [0.5, 0.6) is 0 Å². The minimum Gasteiger partial charge on any atom is -0.454 e. The number of benzene rings is 2. The molecule has 0 radical (unpaired) electrons. The number of furan rings is 1. The Balaban J connectivity index is 2.14. The summed E-state index contributed by atoms with van der Waals surface area (Å²) in [4.78, 5) is 15.0. The molecule has 8 heteroatoms. The average molecular weight is 392 g/mol. The zero-order valence-corrected chi connectivity index (χ0v) is 14.9. The molecular weight excluding hydrogens is 381 g/mol. The number of fused-ring (bicyclic) bond motifs is 3. The standard InChI is InChI=1S/C18H11ClFNO4S/c1-26(23,24)11-4-2-3-9(7-11)14-15(19)18(22)21-16-12-8-10(20)5-6-13(12)25-17(14)16/h2-8H,1H3,(H,21,22). The molecule has 2 heterocycles. The van der Waals surface area contributed by atoms with E-state index in [9.17, 15) is 17.6 Å². The van der Waals surface area contributed by atoms with Crippen molar-refractivity contribution < 1.29 is 17.2 Å². The highest BCUT2D eigenvalue weighted by Crippen LogP contribution is 2.37. The van der Waals surface area contributed by atoms with Crippen molar-refractivity contribution in [2.45, 2.75) is 4.90 Å². The number of nitrogens with one attached hydrogen (secondary N) is 1. The Kier molecular flexibility index (Phi) is 3.68. The molecule has 0 saturated carbocycles. The van der Waals surface area contributed by atoms with Gasteiger partial charge in [0.2, 0.25) is 0 Å². The second kappa shape index (κ2) is 5.69. The van der Waals surface area contributed by atoms with Crippen LogP contribution < -0.4 is 5.56 Å². The van der Waals surface area contributed by atoms with Gasteiger partial charge in [-0.05, 0) is 35.9 Å². The lowest BCUT2D eigenvalue weighted by Gasteiger charge is -2.07. The third-order valence-corrected chi connectivity index (χ3v) is 5.56. The molecule has 0 aliphatic rings. The number of H-pyrrole nitrogens is 1. The van der Waals surface area contributed by atoms with Gasteiger partial charge in [0.15, 0.2) is 15.4 Å². The van der Waals surface area contributed by atoms with Crippen LogP contribution in [-0.4, -0.2) is 19.7 Å². The molecule has 0 atom stereocenters. The highest BCUT2D eigenvalue weighted by atomic mass is 35.5. The zero-order chi connectivity index (χ0) is 18.6. The lowest BCUT2D eigenvalue weighted by atomic mass is 10.1. The molecule has 0 aliphatic heterocycles. The van der Waals surface area contributed by atoms with Crippen LogP contribution in [0.3, 0.4) is 0 Å². The van der Waals surface area contributed by atoms with Gasteiger partial charge in [-0.3, -0.25) is 4.79 Å². The fourth-order valence-electron chi connectivity index (χ4n) is 2.89. The number of halogens is 2. The molecule has 1 N–H and O–H groups in total. The normalized spacial score (nSPS) is 12.1. The van der Waals surface area contributed by atoms with E-state index in [1.54, 1.807) is 12.1 Å². The molecule has 0 aliphatic carbocycles. The molecule has 4 aromatic rings. The maximum absolute atomic E-state index is 13.6. The molecule has 0 bridgehead atoms. The highest BCUT2D eigenvalue weighted by molar-refractivity contribution is 7.90. The first-order chi connectivity index (χ1) is 12.3. The van der Waals surface area contributed by atoms with Crippen molar-refractivity contribution in [3.63, 3.8) is 0 Å². The van der Waals surface area contributed by atoms with Crippen LogP contribution in [0.2, 0.25) is 5.02 Å². The second-order valence-corrected chi connectivity index (χ2v) is 8.28. The Morgan fingerprint density at radius 1 is 1.15 bits per heavy atom. The van der Waals surface area contributed by atoms with Gasteiger partial charge in [0.1, 0.15) is 16.4 Å². The Morgan fingerprint density at radius 3 is 2.65 bits per heavy atom. The number of aromatic amines is 1. The van der Waals surface area contributed by atoms with Crippen molar-refractivity contribution in [1.29, 1.82) is 0 Å². The third-order valence-electron chi connectivity index (χ3n) is 4.09. The van der Waals surface area contributed by atoms with E-state index >= 15 is 0 Å². The zero-order valence-electron chi connectivity index (χ0n) is 13.3. The molecule has 0 spiro atoms. The molecule has 0 amide bonds. The van der Waals surface area contributed by atoms with Gasteiger partial charge < -0.3 is 9.40 Å². The van der Waals surface area contributed by atoms with Crippen molar-refractivity contribution >= 4 is 43.5 Å². The lowest BCUT2D eigenvalue weighted by Crippen LogP contribution is -2.07. The van der Waals surface area contributed by atoms with E-state index in [2.05, 4.69) is 4.98 Å². The van der Waals surface area contributed by atoms with Gasteiger partial charge >= 0.3 is 0 Å².